The van der Waals surface area contributed by atoms with Crippen LogP contribution in [0, 0.1) is 5.92 Å². The van der Waals surface area contributed by atoms with Gasteiger partial charge >= 0.3 is 0 Å². The maximum atomic E-state index is 6.15. The lowest BCUT2D eigenvalue weighted by molar-refractivity contribution is 0.0685. The number of aromatic nitrogens is 2. The van der Waals surface area contributed by atoms with Gasteiger partial charge in [-0.1, -0.05) is 32.4 Å². The molecule has 0 atom stereocenters. The van der Waals surface area contributed by atoms with Gasteiger partial charge in [-0.3, -0.25) is 0 Å². The highest BCUT2D eigenvalue weighted by Gasteiger charge is 2.21. The highest BCUT2D eigenvalue weighted by molar-refractivity contribution is 6.29. The van der Waals surface area contributed by atoms with E-state index in [1.54, 1.807) is 0 Å². The summed E-state index contributed by atoms with van der Waals surface area (Å²) in [6, 6.07) is 1.84. The van der Waals surface area contributed by atoms with E-state index in [4.69, 9.17) is 16.3 Å². The average molecular weight is 298 g/mol. The Kier molecular flexibility index (Phi) is 4.86. The molecule has 4 nitrogen and oxygen atoms in total. The van der Waals surface area contributed by atoms with Crippen molar-refractivity contribution in [2.24, 2.45) is 5.92 Å². The lowest BCUT2D eigenvalue weighted by Gasteiger charge is -2.28. The molecule has 5 heteroatoms. The van der Waals surface area contributed by atoms with Crippen LogP contribution in [-0.4, -0.2) is 36.8 Å². The number of nitrogens with zero attached hydrogens (tertiary/aromatic N) is 3. The molecule has 20 heavy (non-hydrogen) atoms. The van der Waals surface area contributed by atoms with Crippen LogP contribution in [0.4, 0.5) is 5.82 Å². The molecule has 1 aromatic rings. The van der Waals surface area contributed by atoms with Crippen LogP contribution in [0.25, 0.3) is 0 Å². The summed E-state index contributed by atoms with van der Waals surface area (Å²) in [5, 5.41) is 0.513. The van der Waals surface area contributed by atoms with Crippen molar-refractivity contribution >= 4 is 17.4 Å². The molecule has 1 saturated heterocycles. The largest absolute Gasteiger partial charge is 0.381 e. The molecule has 0 bridgehead atoms. The SMILES string of the molecule is CN(CC1CCOCC1)c1cc(Cl)nc(C(C)(C)C)n1. The smallest absolute Gasteiger partial charge is 0.137 e. The number of rotatable bonds is 3. The fourth-order valence-corrected chi connectivity index (χ4v) is 2.52. The van der Waals surface area contributed by atoms with Gasteiger partial charge < -0.3 is 9.64 Å². The van der Waals surface area contributed by atoms with Crippen molar-refractivity contribution in [2.45, 2.75) is 39.0 Å². The highest BCUT2D eigenvalue weighted by atomic mass is 35.5. The van der Waals surface area contributed by atoms with Crippen LogP contribution < -0.4 is 4.90 Å². The van der Waals surface area contributed by atoms with Crippen LogP contribution in [0.2, 0.25) is 5.15 Å². The summed E-state index contributed by atoms with van der Waals surface area (Å²) in [6.45, 7) is 9.02. The van der Waals surface area contributed by atoms with Crippen molar-refractivity contribution < 1.29 is 4.74 Å². The molecule has 0 spiro atoms. The molecule has 0 N–H and O–H groups in total. The van der Waals surface area contributed by atoms with Crippen molar-refractivity contribution in [2.75, 3.05) is 31.7 Å². The Hall–Kier alpha value is -0.870. The minimum Gasteiger partial charge on any atom is -0.381 e. The minimum absolute atomic E-state index is 0.0980. The Labute approximate surface area is 126 Å². The van der Waals surface area contributed by atoms with Crippen molar-refractivity contribution in [1.82, 2.24) is 9.97 Å². The van der Waals surface area contributed by atoms with Crippen molar-refractivity contribution in [1.29, 1.82) is 0 Å². The summed E-state index contributed by atoms with van der Waals surface area (Å²) >= 11 is 6.15. The van der Waals surface area contributed by atoms with Gasteiger partial charge in [-0.15, -0.1) is 0 Å². The van der Waals surface area contributed by atoms with E-state index in [1.807, 2.05) is 6.07 Å². The summed E-state index contributed by atoms with van der Waals surface area (Å²) in [4.78, 5) is 11.2. The Balaban J connectivity index is 2.12. The van der Waals surface area contributed by atoms with Gasteiger partial charge in [-0.2, -0.15) is 0 Å². The fourth-order valence-electron chi connectivity index (χ4n) is 2.35. The molecule has 0 aliphatic carbocycles. The normalized spacial score (nSPS) is 17.2. The van der Waals surface area contributed by atoms with E-state index in [9.17, 15) is 0 Å². The van der Waals surface area contributed by atoms with Crippen LogP contribution in [0.3, 0.4) is 0 Å². The fraction of sp³-hybridized carbons (Fsp3) is 0.733. The van der Waals surface area contributed by atoms with Gasteiger partial charge in [-0.05, 0) is 18.8 Å². The zero-order valence-electron chi connectivity index (χ0n) is 12.8. The van der Waals surface area contributed by atoms with Gasteiger partial charge in [0.25, 0.3) is 0 Å². The van der Waals surface area contributed by atoms with E-state index in [-0.39, 0.29) is 5.41 Å². The second-order valence-corrected chi connectivity index (χ2v) is 6.95. The second-order valence-electron chi connectivity index (χ2n) is 6.56. The molecular weight excluding hydrogens is 274 g/mol. The summed E-state index contributed by atoms with van der Waals surface area (Å²) in [5.41, 5.74) is -0.0980. The lowest BCUT2D eigenvalue weighted by atomic mass is 9.96. The minimum atomic E-state index is -0.0980. The van der Waals surface area contributed by atoms with Gasteiger partial charge in [0.1, 0.15) is 16.8 Å². The standard InChI is InChI=1S/C15H24ClN3O/c1-15(2,3)14-17-12(16)9-13(18-14)19(4)10-11-5-7-20-8-6-11/h9,11H,5-8,10H2,1-4H3. The average Bonchev–Trinajstić information content (AvgIpc) is 2.38. The molecule has 1 aliphatic rings. The summed E-state index contributed by atoms with van der Waals surface area (Å²) < 4.78 is 5.40. The first-order valence-electron chi connectivity index (χ1n) is 7.20. The summed E-state index contributed by atoms with van der Waals surface area (Å²) in [6.07, 6.45) is 2.24. The quantitative estimate of drug-likeness (QED) is 0.803. The zero-order chi connectivity index (χ0) is 14.8. The first-order valence-corrected chi connectivity index (χ1v) is 7.58. The van der Waals surface area contributed by atoms with E-state index in [1.165, 1.54) is 0 Å². The Morgan fingerprint density at radius 1 is 1.30 bits per heavy atom. The van der Waals surface area contributed by atoms with Crippen LogP contribution in [0.15, 0.2) is 6.07 Å². The van der Waals surface area contributed by atoms with Crippen LogP contribution in [0.1, 0.15) is 39.4 Å². The molecule has 2 rings (SSSR count). The lowest BCUT2D eigenvalue weighted by Crippen LogP contribution is -2.30. The Morgan fingerprint density at radius 2 is 1.95 bits per heavy atom. The van der Waals surface area contributed by atoms with Crippen LogP contribution >= 0.6 is 11.6 Å². The Bertz CT molecular complexity index is 453. The van der Waals surface area contributed by atoms with Gasteiger partial charge in [0.05, 0.1) is 0 Å². The zero-order valence-corrected chi connectivity index (χ0v) is 13.6. The molecule has 0 amide bonds. The third kappa shape index (κ3) is 4.06. The molecule has 1 aliphatic heterocycles. The number of ether oxygens (including phenoxy) is 1. The third-order valence-corrected chi connectivity index (χ3v) is 3.81. The van der Waals surface area contributed by atoms with Gasteiger partial charge in [-0.25, -0.2) is 9.97 Å². The number of halogens is 1. The number of anilines is 1. The monoisotopic (exact) mass is 297 g/mol. The Morgan fingerprint density at radius 3 is 2.55 bits per heavy atom. The molecule has 0 radical (unpaired) electrons. The maximum Gasteiger partial charge on any atom is 0.137 e. The topological polar surface area (TPSA) is 38.2 Å². The molecule has 112 valence electrons. The van der Waals surface area contributed by atoms with Crippen LogP contribution in [0.5, 0.6) is 0 Å². The number of hydrogen-bond acceptors (Lipinski definition) is 4. The number of hydrogen-bond donors (Lipinski definition) is 0. The predicted molar refractivity (Wildman–Crippen MR) is 82.6 cm³/mol. The van der Waals surface area contributed by atoms with Gasteiger partial charge in [0, 0.05) is 38.3 Å². The highest BCUT2D eigenvalue weighted by Crippen LogP contribution is 2.25. The van der Waals surface area contributed by atoms with E-state index in [2.05, 4.69) is 42.7 Å². The van der Waals surface area contributed by atoms with Crippen molar-refractivity contribution in [3.05, 3.63) is 17.0 Å². The van der Waals surface area contributed by atoms with E-state index in [0.717, 1.165) is 44.2 Å². The summed E-state index contributed by atoms with van der Waals surface area (Å²) in [5.74, 6) is 2.36. The molecule has 1 aromatic heterocycles. The molecule has 0 unspecified atom stereocenters. The van der Waals surface area contributed by atoms with Gasteiger partial charge in [0.2, 0.25) is 0 Å². The van der Waals surface area contributed by atoms with Crippen LogP contribution in [-0.2, 0) is 10.2 Å². The maximum absolute atomic E-state index is 6.15. The molecule has 0 saturated carbocycles. The van der Waals surface area contributed by atoms with Gasteiger partial charge in [0.15, 0.2) is 0 Å². The van der Waals surface area contributed by atoms with Crippen molar-refractivity contribution in [3.63, 3.8) is 0 Å². The molecular formula is C15H24ClN3O. The first kappa shape index (κ1) is 15.5. The molecule has 2 heterocycles. The van der Waals surface area contributed by atoms with Crippen molar-refractivity contribution in [3.8, 4) is 0 Å². The second kappa shape index (κ2) is 6.27. The third-order valence-electron chi connectivity index (χ3n) is 3.62. The molecule has 0 aromatic carbocycles. The van der Waals surface area contributed by atoms with E-state index in [0.29, 0.717) is 11.1 Å². The van der Waals surface area contributed by atoms with E-state index < -0.39 is 0 Å². The first-order chi connectivity index (χ1) is 9.36. The predicted octanol–water partition coefficient (Wildman–Crippen LogP) is 3.29. The summed E-state index contributed by atoms with van der Waals surface area (Å²) in [7, 11) is 2.07. The molecule has 1 fully saturated rings. The van der Waals surface area contributed by atoms with E-state index >= 15 is 0 Å².